The van der Waals surface area contributed by atoms with Crippen molar-refractivity contribution >= 4 is 27.9 Å². The lowest BCUT2D eigenvalue weighted by Gasteiger charge is -2.34. The normalized spacial score (nSPS) is 19.2. The molecule has 0 aliphatic carbocycles. The number of hydrogen-bond acceptors (Lipinski definition) is 7. The van der Waals surface area contributed by atoms with Gasteiger partial charge in [0.05, 0.1) is 17.1 Å². The molecule has 0 aromatic heterocycles. The van der Waals surface area contributed by atoms with Crippen LogP contribution in [-0.2, 0) is 29.1 Å². The zero-order chi connectivity index (χ0) is 23.7. The Morgan fingerprint density at radius 1 is 1.12 bits per heavy atom. The minimum absolute atomic E-state index is 0.0247. The number of esters is 2. The molecule has 10 heteroatoms. The van der Waals surface area contributed by atoms with Crippen LogP contribution in [0.5, 0.6) is 0 Å². The number of nitrogens with zero attached hydrogens (tertiary/aromatic N) is 1. The highest BCUT2D eigenvalue weighted by Gasteiger charge is 2.32. The molecule has 178 valence electrons. The van der Waals surface area contributed by atoms with E-state index < -0.39 is 28.5 Å². The summed E-state index contributed by atoms with van der Waals surface area (Å²) in [5.41, 5.74) is 0.0549. The SMILES string of the molecule is CCOC(=O)CCCNC(=O)COC(=O)c1cccc(S(=O)(=O)N2CC(C)CC(C)C2)c1. The number of rotatable bonds is 10. The van der Waals surface area contributed by atoms with Gasteiger partial charge in [-0.2, -0.15) is 4.31 Å². The van der Waals surface area contributed by atoms with Gasteiger partial charge in [0.25, 0.3) is 5.91 Å². The fraction of sp³-hybridized carbons (Fsp3) is 0.591. The van der Waals surface area contributed by atoms with Gasteiger partial charge in [0.2, 0.25) is 10.0 Å². The molecule has 1 aromatic carbocycles. The summed E-state index contributed by atoms with van der Waals surface area (Å²) in [6.07, 6.45) is 1.57. The van der Waals surface area contributed by atoms with Crippen LogP contribution in [0.3, 0.4) is 0 Å². The highest BCUT2D eigenvalue weighted by atomic mass is 32.2. The summed E-state index contributed by atoms with van der Waals surface area (Å²) in [5.74, 6) is -1.11. The van der Waals surface area contributed by atoms with Crippen molar-refractivity contribution in [3.8, 4) is 0 Å². The smallest absolute Gasteiger partial charge is 0.338 e. The Morgan fingerprint density at radius 3 is 2.47 bits per heavy atom. The van der Waals surface area contributed by atoms with Crippen molar-refractivity contribution in [3.63, 3.8) is 0 Å². The van der Waals surface area contributed by atoms with Crippen molar-refractivity contribution in [2.45, 2.75) is 44.9 Å². The van der Waals surface area contributed by atoms with Crippen molar-refractivity contribution in [3.05, 3.63) is 29.8 Å². The zero-order valence-electron chi connectivity index (χ0n) is 18.8. The highest BCUT2D eigenvalue weighted by Crippen LogP contribution is 2.27. The van der Waals surface area contributed by atoms with Crippen LogP contribution < -0.4 is 5.32 Å². The first-order chi connectivity index (χ1) is 15.1. The topological polar surface area (TPSA) is 119 Å². The molecule has 2 unspecified atom stereocenters. The number of ether oxygens (including phenoxy) is 2. The summed E-state index contributed by atoms with van der Waals surface area (Å²) in [5, 5.41) is 2.55. The zero-order valence-corrected chi connectivity index (χ0v) is 19.7. The predicted octanol–water partition coefficient (Wildman–Crippen LogP) is 1.97. The fourth-order valence-electron chi connectivity index (χ4n) is 3.69. The van der Waals surface area contributed by atoms with Crippen LogP contribution >= 0.6 is 0 Å². The van der Waals surface area contributed by atoms with E-state index in [2.05, 4.69) is 5.32 Å². The molecule has 2 atom stereocenters. The molecule has 1 fully saturated rings. The van der Waals surface area contributed by atoms with Gasteiger partial charge < -0.3 is 14.8 Å². The second-order valence-electron chi connectivity index (χ2n) is 8.13. The van der Waals surface area contributed by atoms with E-state index in [-0.39, 0.29) is 41.2 Å². The quantitative estimate of drug-likeness (QED) is 0.412. The summed E-state index contributed by atoms with van der Waals surface area (Å²) >= 11 is 0. The van der Waals surface area contributed by atoms with Crippen LogP contribution in [0.4, 0.5) is 0 Å². The number of carbonyl (C=O) groups excluding carboxylic acids is 3. The van der Waals surface area contributed by atoms with E-state index in [0.29, 0.717) is 26.1 Å². The van der Waals surface area contributed by atoms with E-state index >= 15 is 0 Å². The largest absolute Gasteiger partial charge is 0.466 e. The summed E-state index contributed by atoms with van der Waals surface area (Å²) in [6.45, 7) is 6.69. The second-order valence-corrected chi connectivity index (χ2v) is 10.1. The van der Waals surface area contributed by atoms with E-state index in [1.165, 1.54) is 28.6 Å². The Morgan fingerprint density at radius 2 is 1.81 bits per heavy atom. The Bertz CT molecular complexity index is 907. The van der Waals surface area contributed by atoms with Gasteiger partial charge in [-0.1, -0.05) is 19.9 Å². The number of amides is 1. The molecular formula is C22H32N2O7S. The van der Waals surface area contributed by atoms with Gasteiger partial charge >= 0.3 is 11.9 Å². The summed E-state index contributed by atoms with van der Waals surface area (Å²) < 4.78 is 37.3. The molecule has 1 aliphatic heterocycles. The first-order valence-electron chi connectivity index (χ1n) is 10.8. The highest BCUT2D eigenvalue weighted by molar-refractivity contribution is 7.89. The number of hydrogen-bond donors (Lipinski definition) is 1. The van der Waals surface area contributed by atoms with E-state index in [1.807, 2.05) is 13.8 Å². The number of sulfonamides is 1. The van der Waals surface area contributed by atoms with Crippen LogP contribution in [0, 0.1) is 11.8 Å². The van der Waals surface area contributed by atoms with Gasteiger partial charge in [-0.25, -0.2) is 13.2 Å². The van der Waals surface area contributed by atoms with Crippen molar-refractivity contribution in [2.75, 3.05) is 32.8 Å². The van der Waals surface area contributed by atoms with Crippen LogP contribution in [0.15, 0.2) is 29.2 Å². The average Bonchev–Trinajstić information content (AvgIpc) is 2.74. The van der Waals surface area contributed by atoms with Gasteiger partial charge in [0, 0.05) is 26.1 Å². The van der Waals surface area contributed by atoms with Crippen molar-refractivity contribution in [1.29, 1.82) is 0 Å². The first-order valence-corrected chi connectivity index (χ1v) is 12.3. The number of carbonyl (C=O) groups is 3. The lowest BCUT2D eigenvalue weighted by atomic mass is 9.94. The maximum atomic E-state index is 13.0. The molecule has 9 nitrogen and oxygen atoms in total. The molecule has 1 N–H and O–H groups in total. The van der Waals surface area contributed by atoms with Gasteiger partial charge in [-0.05, 0) is 49.8 Å². The van der Waals surface area contributed by atoms with Gasteiger partial charge in [-0.3, -0.25) is 9.59 Å². The van der Waals surface area contributed by atoms with Crippen molar-refractivity contribution in [2.24, 2.45) is 11.8 Å². The van der Waals surface area contributed by atoms with Gasteiger partial charge in [0.15, 0.2) is 6.61 Å². The molecule has 32 heavy (non-hydrogen) atoms. The Kier molecular flexibility index (Phi) is 9.64. The number of piperidine rings is 1. The lowest BCUT2D eigenvalue weighted by molar-refractivity contribution is -0.143. The molecule has 1 aliphatic rings. The third-order valence-electron chi connectivity index (χ3n) is 5.06. The van der Waals surface area contributed by atoms with E-state index in [9.17, 15) is 22.8 Å². The lowest BCUT2D eigenvalue weighted by Crippen LogP contribution is -2.42. The maximum Gasteiger partial charge on any atom is 0.338 e. The first kappa shape index (κ1) is 25.8. The van der Waals surface area contributed by atoms with Crippen LogP contribution in [0.2, 0.25) is 0 Å². The maximum absolute atomic E-state index is 13.0. The molecular weight excluding hydrogens is 436 g/mol. The molecule has 0 saturated carbocycles. The molecule has 2 rings (SSSR count). The molecule has 0 spiro atoms. The molecule has 1 aromatic rings. The van der Waals surface area contributed by atoms with Crippen molar-refractivity contribution < 1.29 is 32.3 Å². The predicted molar refractivity (Wildman–Crippen MR) is 117 cm³/mol. The summed E-state index contributed by atoms with van der Waals surface area (Å²) in [7, 11) is -3.73. The Labute approximate surface area is 189 Å². The van der Waals surface area contributed by atoms with E-state index in [0.717, 1.165) is 6.42 Å². The van der Waals surface area contributed by atoms with Crippen LogP contribution in [-0.4, -0.2) is 63.4 Å². The van der Waals surface area contributed by atoms with Crippen LogP contribution in [0.1, 0.15) is 50.4 Å². The van der Waals surface area contributed by atoms with E-state index in [4.69, 9.17) is 9.47 Å². The minimum atomic E-state index is -3.73. The Balaban J connectivity index is 1.89. The third-order valence-corrected chi connectivity index (χ3v) is 6.89. The monoisotopic (exact) mass is 468 g/mol. The van der Waals surface area contributed by atoms with Gasteiger partial charge in [-0.15, -0.1) is 0 Å². The van der Waals surface area contributed by atoms with E-state index in [1.54, 1.807) is 6.92 Å². The molecule has 0 bridgehead atoms. The molecule has 1 amide bonds. The third kappa shape index (κ3) is 7.59. The average molecular weight is 469 g/mol. The standard InChI is InChI=1S/C22H32N2O7S/c1-4-30-21(26)9-6-10-23-20(25)15-31-22(27)18-7-5-8-19(12-18)32(28,29)24-13-16(2)11-17(3)14-24/h5,7-8,12,16-17H,4,6,9-11,13-15H2,1-3H3,(H,23,25). The summed E-state index contributed by atoms with van der Waals surface area (Å²) in [4.78, 5) is 35.4. The fourth-order valence-corrected chi connectivity index (χ4v) is 5.42. The van der Waals surface area contributed by atoms with Gasteiger partial charge in [0.1, 0.15) is 0 Å². The number of nitrogens with one attached hydrogen (secondary N) is 1. The summed E-state index contributed by atoms with van der Waals surface area (Å²) in [6, 6.07) is 5.65. The molecule has 1 heterocycles. The second kappa shape index (κ2) is 12.0. The van der Waals surface area contributed by atoms with Crippen molar-refractivity contribution in [1.82, 2.24) is 9.62 Å². The Hall–Kier alpha value is -2.46. The number of benzene rings is 1. The molecule has 1 saturated heterocycles. The minimum Gasteiger partial charge on any atom is -0.466 e. The molecule has 0 radical (unpaired) electrons. The van der Waals surface area contributed by atoms with Crippen LogP contribution in [0.25, 0.3) is 0 Å².